The number of ether oxygens (including phenoxy) is 2. The van der Waals surface area contributed by atoms with Crippen LogP contribution in [-0.4, -0.2) is 42.7 Å². The van der Waals surface area contributed by atoms with E-state index in [4.69, 9.17) is 9.47 Å². The summed E-state index contributed by atoms with van der Waals surface area (Å²) in [6, 6.07) is 7.84. The predicted molar refractivity (Wildman–Crippen MR) is 94.2 cm³/mol. The molecule has 1 aromatic heterocycles. The van der Waals surface area contributed by atoms with Crippen LogP contribution in [0.1, 0.15) is 30.5 Å². The fourth-order valence-corrected chi connectivity index (χ4v) is 3.57. The van der Waals surface area contributed by atoms with Crippen molar-refractivity contribution in [1.82, 2.24) is 9.88 Å². The van der Waals surface area contributed by atoms with Gasteiger partial charge >= 0.3 is 0 Å². The van der Waals surface area contributed by atoms with Crippen LogP contribution in [0.3, 0.4) is 0 Å². The van der Waals surface area contributed by atoms with Crippen LogP contribution in [0.15, 0.2) is 24.4 Å². The van der Waals surface area contributed by atoms with Crippen LogP contribution in [0.5, 0.6) is 5.75 Å². The Kier molecular flexibility index (Phi) is 5.14. The molecule has 3 rings (SSSR count). The van der Waals surface area contributed by atoms with Gasteiger partial charge in [0.1, 0.15) is 22.9 Å². The fourth-order valence-electron chi connectivity index (χ4n) is 2.62. The SMILES string of the molecule is CC(C)Oc1cc(-c2cnc(C3CN(C)CCO3)s2)ccc1C#N. The summed E-state index contributed by atoms with van der Waals surface area (Å²) in [5.41, 5.74) is 1.56. The highest BCUT2D eigenvalue weighted by Gasteiger charge is 2.22. The van der Waals surface area contributed by atoms with Gasteiger partial charge < -0.3 is 14.4 Å². The monoisotopic (exact) mass is 343 g/mol. The van der Waals surface area contributed by atoms with Gasteiger partial charge in [-0.25, -0.2) is 4.98 Å². The smallest absolute Gasteiger partial charge is 0.138 e. The fraction of sp³-hybridized carbons (Fsp3) is 0.444. The van der Waals surface area contributed by atoms with E-state index in [1.807, 2.05) is 32.2 Å². The van der Waals surface area contributed by atoms with E-state index < -0.39 is 0 Å². The van der Waals surface area contributed by atoms with Crippen molar-refractivity contribution in [1.29, 1.82) is 5.26 Å². The molecule has 2 aromatic rings. The molecule has 1 saturated heterocycles. The molecule has 126 valence electrons. The van der Waals surface area contributed by atoms with E-state index in [9.17, 15) is 5.26 Å². The molecule has 1 aliphatic rings. The first-order chi connectivity index (χ1) is 11.6. The second kappa shape index (κ2) is 7.31. The molecule has 1 aromatic carbocycles. The minimum Gasteiger partial charge on any atom is -0.490 e. The Morgan fingerprint density at radius 1 is 1.46 bits per heavy atom. The standard InChI is InChI=1S/C18H21N3O2S/c1-12(2)23-15-8-13(4-5-14(15)9-19)17-10-20-18(24-17)16-11-21(3)6-7-22-16/h4-5,8,10,12,16H,6-7,11H2,1-3H3. The Morgan fingerprint density at radius 3 is 3.00 bits per heavy atom. The Balaban J connectivity index is 1.86. The zero-order valence-electron chi connectivity index (χ0n) is 14.2. The Morgan fingerprint density at radius 2 is 2.29 bits per heavy atom. The molecule has 6 heteroatoms. The van der Waals surface area contributed by atoms with Gasteiger partial charge in [-0.1, -0.05) is 6.07 Å². The van der Waals surface area contributed by atoms with E-state index in [-0.39, 0.29) is 12.2 Å². The van der Waals surface area contributed by atoms with E-state index in [1.54, 1.807) is 17.4 Å². The van der Waals surface area contributed by atoms with Gasteiger partial charge in [-0.15, -0.1) is 11.3 Å². The van der Waals surface area contributed by atoms with E-state index in [0.717, 1.165) is 35.1 Å². The number of hydrogen-bond acceptors (Lipinski definition) is 6. The second-order valence-electron chi connectivity index (χ2n) is 6.17. The highest BCUT2D eigenvalue weighted by molar-refractivity contribution is 7.15. The number of rotatable bonds is 4. The zero-order valence-corrected chi connectivity index (χ0v) is 15.0. The maximum absolute atomic E-state index is 9.23. The van der Waals surface area contributed by atoms with Gasteiger partial charge in [0, 0.05) is 19.3 Å². The third kappa shape index (κ3) is 3.75. The van der Waals surface area contributed by atoms with Crippen LogP contribution in [0.2, 0.25) is 0 Å². The lowest BCUT2D eigenvalue weighted by atomic mass is 10.1. The lowest BCUT2D eigenvalue weighted by Crippen LogP contribution is -2.35. The molecule has 1 fully saturated rings. The van der Waals surface area contributed by atoms with Gasteiger partial charge in [-0.05, 0) is 38.6 Å². The highest BCUT2D eigenvalue weighted by atomic mass is 32.1. The molecule has 0 N–H and O–H groups in total. The number of hydrogen-bond donors (Lipinski definition) is 0. The maximum atomic E-state index is 9.23. The Bertz CT molecular complexity index is 751. The van der Waals surface area contributed by atoms with E-state index >= 15 is 0 Å². The van der Waals surface area contributed by atoms with E-state index in [2.05, 4.69) is 23.0 Å². The van der Waals surface area contributed by atoms with Crippen LogP contribution in [0.25, 0.3) is 10.4 Å². The molecule has 0 aliphatic carbocycles. The average molecular weight is 343 g/mol. The summed E-state index contributed by atoms with van der Waals surface area (Å²) in [7, 11) is 2.10. The van der Waals surface area contributed by atoms with Crippen molar-refractivity contribution >= 4 is 11.3 Å². The maximum Gasteiger partial charge on any atom is 0.138 e. The summed E-state index contributed by atoms with van der Waals surface area (Å²) in [5.74, 6) is 0.619. The van der Waals surface area contributed by atoms with Gasteiger partial charge in [0.25, 0.3) is 0 Å². The van der Waals surface area contributed by atoms with Gasteiger partial charge in [-0.3, -0.25) is 0 Å². The van der Waals surface area contributed by atoms with Gasteiger partial charge in [0.2, 0.25) is 0 Å². The van der Waals surface area contributed by atoms with Crippen molar-refractivity contribution in [3.8, 4) is 22.3 Å². The molecule has 0 amide bonds. The van der Waals surface area contributed by atoms with Gasteiger partial charge in [-0.2, -0.15) is 5.26 Å². The largest absolute Gasteiger partial charge is 0.490 e. The summed E-state index contributed by atoms with van der Waals surface area (Å²) in [6.07, 6.45) is 1.93. The number of likely N-dealkylation sites (N-methyl/N-ethyl adjacent to an activating group) is 1. The van der Waals surface area contributed by atoms with Crippen molar-refractivity contribution in [3.05, 3.63) is 35.0 Å². The second-order valence-corrected chi connectivity index (χ2v) is 7.24. The first-order valence-corrected chi connectivity index (χ1v) is 8.85. The third-order valence-corrected chi connectivity index (χ3v) is 4.96. The van der Waals surface area contributed by atoms with Crippen molar-refractivity contribution in [2.45, 2.75) is 26.1 Å². The number of morpholine rings is 1. The summed E-state index contributed by atoms with van der Waals surface area (Å²) in [6.45, 7) is 6.46. The average Bonchev–Trinajstić information content (AvgIpc) is 3.04. The summed E-state index contributed by atoms with van der Waals surface area (Å²) in [5, 5.41) is 10.2. The number of thiazole rings is 1. The minimum absolute atomic E-state index is 0.0237. The highest BCUT2D eigenvalue weighted by Crippen LogP contribution is 2.34. The topological polar surface area (TPSA) is 58.4 Å². The molecule has 5 nitrogen and oxygen atoms in total. The van der Waals surface area contributed by atoms with Gasteiger partial charge in [0.05, 0.1) is 23.2 Å². The molecule has 1 atom stereocenters. The van der Waals surface area contributed by atoms with Crippen LogP contribution >= 0.6 is 11.3 Å². The minimum atomic E-state index is 0.0237. The molecular weight excluding hydrogens is 322 g/mol. The van der Waals surface area contributed by atoms with Crippen molar-refractivity contribution < 1.29 is 9.47 Å². The van der Waals surface area contributed by atoms with Crippen molar-refractivity contribution in [2.24, 2.45) is 0 Å². The molecule has 1 aliphatic heterocycles. The number of nitriles is 1. The molecule has 2 heterocycles. The normalized spacial score (nSPS) is 18.5. The van der Waals surface area contributed by atoms with E-state index in [0.29, 0.717) is 11.3 Å². The number of benzene rings is 1. The quantitative estimate of drug-likeness (QED) is 0.851. The van der Waals surface area contributed by atoms with Crippen LogP contribution < -0.4 is 4.74 Å². The summed E-state index contributed by atoms with van der Waals surface area (Å²) < 4.78 is 11.6. The zero-order chi connectivity index (χ0) is 17.1. The molecule has 24 heavy (non-hydrogen) atoms. The molecule has 0 bridgehead atoms. The van der Waals surface area contributed by atoms with E-state index in [1.165, 1.54) is 0 Å². The molecule has 0 saturated carbocycles. The first-order valence-electron chi connectivity index (χ1n) is 8.04. The molecular formula is C18H21N3O2S. The lowest BCUT2D eigenvalue weighted by Gasteiger charge is -2.28. The Labute approximate surface area is 146 Å². The predicted octanol–water partition coefficient (Wildman–Crippen LogP) is 3.47. The van der Waals surface area contributed by atoms with Crippen LogP contribution in [-0.2, 0) is 4.74 Å². The van der Waals surface area contributed by atoms with Crippen LogP contribution in [0, 0.1) is 11.3 Å². The number of aromatic nitrogens is 1. The summed E-state index contributed by atoms with van der Waals surface area (Å²) >= 11 is 1.63. The van der Waals surface area contributed by atoms with Crippen molar-refractivity contribution in [3.63, 3.8) is 0 Å². The van der Waals surface area contributed by atoms with Crippen LogP contribution in [0.4, 0.5) is 0 Å². The van der Waals surface area contributed by atoms with Gasteiger partial charge in [0.15, 0.2) is 0 Å². The molecule has 1 unspecified atom stereocenters. The molecule has 0 spiro atoms. The summed E-state index contributed by atoms with van der Waals surface area (Å²) in [4.78, 5) is 7.86. The lowest BCUT2D eigenvalue weighted by molar-refractivity contribution is -0.0209. The first kappa shape index (κ1) is 16.9. The molecule has 0 radical (unpaired) electrons. The third-order valence-electron chi connectivity index (χ3n) is 3.82. The van der Waals surface area contributed by atoms with Crippen molar-refractivity contribution in [2.75, 3.05) is 26.7 Å². The number of nitrogens with zero attached hydrogens (tertiary/aromatic N) is 3. The Hall–Kier alpha value is -1.94.